The van der Waals surface area contributed by atoms with E-state index < -0.39 is 6.10 Å². The smallest absolute Gasteiger partial charge is 0.106 e. The molecule has 2 aromatic rings. The lowest BCUT2D eigenvalue weighted by Gasteiger charge is -2.14. The van der Waals surface area contributed by atoms with E-state index in [1.165, 1.54) is 0 Å². The van der Waals surface area contributed by atoms with Gasteiger partial charge in [0.2, 0.25) is 0 Å². The zero-order valence-electron chi connectivity index (χ0n) is 9.81. The monoisotopic (exact) mass is 247 g/mol. The minimum Gasteiger partial charge on any atom is -0.384 e. The zero-order valence-corrected chi connectivity index (χ0v) is 10.6. The van der Waals surface area contributed by atoms with E-state index in [0.29, 0.717) is 5.02 Å². The Hall–Kier alpha value is -1.38. The largest absolute Gasteiger partial charge is 0.384 e. The molecular formula is C14H14ClNO. The molecule has 0 saturated heterocycles. The van der Waals surface area contributed by atoms with Gasteiger partial charge in [0.15, 0.2) is 0 Å². The summed E-state index contributed by atoms with van der Waals surface area (Å²) in [7, 11) is 0. The molecule has 0 radical (unpaired) electrons. The van der Waals surface area contributed by atoms with Crippen LogP contribution in [0.2, 0.25) is 5.02 Å². The zero-order chi connectivity index (χ0) is 12.4. The van der Waals surface area contributed by atoms with Crippen LogP contribution in [0, 0.1) is 13.8 Å². The Labute approximate surface area is 106 Å². The number of pyridine rings is 1. The van der Waals surface area contributed by atoms with E-state index >= 15 is 0 Å². The van der Waals surface area contributed by atoms with E-state index in [1.807, 2.05) is 32.0 Å². The summed E-state index contributed by atoms with van der Waals surface area (Å²) in [4.78, 5) is 4.09. The van der Waals surface area contributed by atoms with E-state index in [2.05, 4.69) is 4.98 Å². The first kappa shape index (κ1) is 12.1. The van der Waals surface area contributed by atoms with Gasteiger partial charge in [0, 0.05) is 23.0 Å². The molecule has 3 heteroatoms. The number of aliphatic hydroxyl groups excluding tert-OH is 1. The quantitative estimate of drug-likeness (QED) is 0.882. The molecule has 0 fully saturated rings. The molecule has 1 N–H and O–H groups in total. The molecule has 0 amide bonds. The van der Waals surface area contributed by atoms with Crippen LogP contribution in [0.5, 0.6) is 0 Å². The number of aliphatic hydroxyl groups is 1. The third-order valence-corrected chi connectivity index (χ3v) is 2.97. The SMILES string of the molecule is Cc1cncc(C(O)c2ccc(Cl)cc2C)c1. The predicted molar refractivity (Wildman–Crippen MR) is 69.2 cm³/mol. The highest BCUT2D eigenvalue weighted by Crippen LogP contribution is 2.26. The standard InChI is InChI=1S/C14H14ClNO/c1-9-5-11(8-16-7-9)14(17)13-4-3-12(15)6-10(13)2/h3-8,14,17H,1-2H3. The molecule has 1 heterocycles. The van der Waals surface area contributed by atoms with Crippen molar-refractivity contribution in [3.63, 3.8) is 0 Å². The minimum absolute atomic E-state index is 0.653. The fourth-order valence-electron chi connectivity index (χ4n) is 1.85. The van der Waals surface area contributed by atoms with Crippen LogP contribution in [-0.4, -0.2) is 10.1 Å². The van der Waals surface area contributed by atoms with Gasteiger partial charge in [0.05, 0.1) is 0 Å². The molecule has 2 rings (SSSR count). The van der Waals surface area contributed by atoms with Crippen molar-refractivity contribution < 1.29 is 5.11 Å². The average molecular weight is 248 g/mol. The first-order valence-electron chi connectivity index (χ1n) is 5.43. The van der Waals surface area contributed by atoms with Crippen LogP contribution >= 0.6 is 11.6 Å². The minimum atomic E-state index is -0.653. The van der Waals surface area contributed by atoms with Gasteiger partial charge in [-0.15, -0.1) is 0 Å². The Morgan fingerprint density at radius 2 is 1.94 bits per heavy atom. The first-order chi connectivity index (χ1) is 8.08. The molecule has 1 aromatic carbocycles. The van der Waals surface area contributed by atoms with Crippen molar-refractivity contribution in [2.75, 3.05) is 0 Å². The number of hydrogen-bond acceptors (Lipinski definition) is 2. The summed E-state index contributed by atoms with van der Waals surface area (Å²) in [6, 6.07) is 7.43. The van der Waals surface area contributed by atoms with Crippen LogP contribution in [0.3, 0.4) is 0 Å². The third-order valence-electron chi connectivity index (χ3n) is 2.74. The van der Waals surface area contributed by atoms with Gasteiger partial charge < -0.3 is 5.11 Å². The van der Waals surface area contributed by atoms with E-state index in [1.54, 1.807) is 18.5 Å². The fourth-order valence-corrected chi connectivity index (χ4v) is 2.08. The highest BCUT2D eigenvalue weighted by atomic mass is 35.5. The van der Waals surface area contributed by atoms with Crippen molar-refractivity contribution in [1.29, 1.82) is 0 Å². The number of benzene rings is 1. The maximum absolute atomic E-state index is 10.3. The van der Waals surface area contributed by atoms with Gasteiger partial charge in [0.1, 0.15) is 6.10 Å². The van der Waals surface area contributed by atoms with Crippen LogP contribution in [0.15, 0.2) is 36.7 Å². The van der Waals surface area contributed by atoms with E-state index in [9.17, 15) is 5.11 Å². The predicted octanol–water partition coefficient (Wildman–Crippen LogP) is 3.43. The second-order valence-electron chi connectivity index (χ2n) is 4.20. The van der Waals surface area contributed by atoms with Gasteiger partial charge in [0.25, 0.3) is 0 Å². The Bertz CT molecular complexity index is 539. The Balaban J connectivity index is 2.40. The molecule has 0 aliphatic heterocycles. The van der Waals surface area contributed by atoms with Crippen LogP contribution in [-0.2, 0) is 0 Å². The molecule has 0 saturated carbocycles. The maximum Gasteiger partial charge on any atom is 0.106 e. The number of aromatic nitrogens is 1. The summed E-state index contributed by atoms with van der Waals surface area (Å²) >= 11 is 5.90. The van der Waals surface area contributed by atoms with E-state index in [4.69, 9.17) is 11.6 Å². The molecule has 1 atom stereocenters. The summed E-state index contributed by atoms with van der Waals surface area (Å²) in [5, 5.41) is 11.0. The molecule has 0 bridgehead atoms. The topological polar surface area (TPSA) is 33.1 Å². The van der Waals surface area contributed by atoms with Gasteiger partial charge in [-0.05, 0) is 42.7 Å². The van der Waals surface area contributed by atoms with Crippen LogP contribution < -0.4 is 0 Å². The van der Waals surface area contributed by atoms with Gasteiger partial charge in [-0.1, -0.05) is 23.7 Å². The number of rotatable bonds is 2. The number of hydrogen-bond donors (Lipinski definition) is 1. The van der Waals surface area contributed by atoms with Crippen molar-refractivity contribution in [2.45, 2.75) is 20.0 Å². The van der Waals surface area contributed by atoms with Gasteiger partial charge in [-0.3, -0.25) is 4.98 Å². The van der Waals surface area contributed by atoms with E-state index in [0.717, 1.165) is 22.3 Å². The van der Waals surface area contributed by atoms with E-state index in [-0.39, 0.29) is 0 Å². The fraction of sp³-hybridized carbons (Fsp3) is 0.214. The van der Waals surface area contributed by atoms with Crippen LogP contribution in [0.1, 0.15) is 28.4 Å². The van der Waals surface area contributed by atoms with Gasteiger partial charge in [-0.2, -0.15) is 0 Å². The second-order valence-corrected chi connectivity index (χ2v) is 4.64. The second kappa shape index (κ2) is 4.86. The summed E-state index contributed by atoms with van der Waals surface area (Å²) < 4.78 is 0. The summed E-state index contributed by atoms with van der Waals surface area (Å²) in [5.74, 6) is 0. The molecule has 0 spiro atoms. The molecule has 0 aliphatic rings. The Morgan fingerprint density at radius 1 is 1.18 bits per heavy atom. The van der Waals surface area contributed by atoms with Crippen molar-refractivity contribution in [2.24, 2.45) is 0 Å². The number of halogens is 1. The maximum atomic E-state index is 10.3. The molecular weight excluding hydrogens is 234 g/mol. The Morgan fingerprint density at radius 3 is 2.59 bits per heavy atom. The summed E-state index contributed by atoms with van der Waals surface area (Å²) in [6.07, 6.45) is 2.80. The highest BCUT2D eigenvalue weighted by molar-refractivity contribution is 6.30. The lowest BCUT2D eigenvalue weighted by atomic mass is 9.98. The molecule has 17 heavy (non-hydrogen) atoms. The molecule has 1 aromatic heterocycles. The first-order valence-corrected chi connectivity index (χ1v) is 5.81. The molecule has 1 unspecified atom stereocenters. The lowest BCUT2D eigenvalue weighted by molar-refractivity contribution is 0.219. The van der Waals surface area contributed by atoms with Gasteiger partial charge in [-0.25, -0.2) is 0 Å². The third kappa shape index (κ3) is 2.65. The van der Waals surface area contributed by atoms with Gasteiger partial charge >= 0.3 is 0 Å². The van der Waals surface area contributed by atoms with Crippen LogP contribution in [0.25, 0.3) is 0 Å². The summed E-state index contributed by atoms with van der Waals surface area (Å²) in [6.45, 7) is 3.89. The van der Waals surface area contributed by atoms with Crippen molar-refractivity contribution in [1.82, 2.24) is 4.98 Å². The van der Waals surface area contributed by atoms with Crippen LogP contribution in [0.4, 0.5) is 0 Å². The van der Waals surface area contributed by atoms with Crippen molar-refractivity contribution in [3.8, 4) is 0 Å². The molecule has 0 aliphatic carbocycles. The molecule has 88 valence electrons. The van der Waals surface area contributed by atoms with Crippen molar-refractivity contribution in [3.05, 3.63) is 63.9 Å². The normalized spacial score (nSPS) is 12.5. The highest BCUT2D eigenvalue weighted by Gasteiger charge is 2.13. The number of aryl methyl sites for hydroxylation is 2. The lowest BCUT2D eigenvalue weighted by Crippen LogP contribution is -2.02. The summed E-state index contributed by atoms with van der Waals surface area (Å²) in [5.41, 5.74) is 3.68. The average Bonchev–Trinajstić information content (AvgIpc) is 2.28. The number of nitrogens with zero attached hydrogens (tertiary/aromatic N) is 1. The molecule has 2 nitrogen and oxygen atoms in total. The Kier molecular flexibility index (Phi) is 3.46. The van der Waals surface area contributed by atoms with Crippen molar-refractivity contribution >= 4 is 11.6 Å².